The highest BCUT2D eigenvalue weighted by atomic mass is 16.3. The Morgan fingerprint density at radius 3 is 2.56 bits per heavy atom. The maximum Gasteiger partial charge on any atom is 0.0787 e. The van der Waals surface area contributed by atoms with E-state index < -0.39 is 0 Å². The van der Waals surface area contributed by atoms with E-state index in [1.165, 1.54) is 0 Å². The van der Waals surface area contributed by atoms with Gasteiger partial charge in [0.1, 0.15) is 0 Å². The van der Waals surface area contributed by atoms with Crippen molar-refractivity contribution in [2.24, 2.45) is 0 Å². The molecule has 0 bridgehead atoms. The van der Waals surface area contributed by atoms with E-state index in [0.717, 1.165) is 37.2 Å². The molecule has 2 rings (SSSR count). The van der Waals surface area contributed by atoms with Crippen LogP contribution < -0.4 is 4.90 Å². The summed E-state index contributed by atoms with van der Waals surface area (Å²) in [7, 11) is 0. The van der Waals surface area contributed by atoms with Crippen LogP contribution in [-0.4, -0.2) is 29.4 Å². The van der Waals surface area contributed by atoms with Gasteiger partial charge in [0.05, 0.1) is 12.2 Å². The normalized spacial score (nSPS) is 22.4. The van der Waals surface area contributed by atoms with Gasteiger partial charge < -0.3 is 15.1 Å². The lowest BCUT2D eigenvalue weighted by atomic mass is 10.1. The van der Waals surface area contributed by atoms with Crippen molar-refractivity contribution in [1.82, 2.24) is 0 Å². The molecule has 1 heterocycles. The minimum Gasteiger partial charge on any atom is -0.391 e. The van der Waals surface area contributed by atoms with Crippen LogP contribution in [0.4, 0.5) is 5.69 Å². The summed E-state index contributed by atoms with van der Waals surface area (Å²) < 4.78 is 0. The summed E-state index contributed by atoms with van der Waals surface area (Å²) in [4.78, 5) is 2.17. The highest BCUT2D eigenvalue weighted by Gasteiger charge is 2.20. The molecule has 16 heavy (non-hydrogen) atoms. The molecule has 2 atom stereocenters. The van der Waals surface area contributed by atoms with Crippen molar-refractivity contribution in [3.8, 4) is 0 Å². The first kappa shape index (κ1) is 11.4. The van der Waals surface area contributed by atoms with Crippen LogP contribution in [0.25, 0.3) is 0 Å². The van der Waals surface area contributed by atoms with Gasteiger partial charge in [-0.25, -0.2) is 0 Å². The fourth-order valence-corrected chi connectivity index (χ4v) is 2.12. The van der Waals surface area contributed by atoms with Gasteiger partial charge in [0, 0.05) is 18.8 Å². The van der Waals surface area contributed by atoms with Crippen molar-refractivity contribution in [2.75, 3.05) is 18.0 Å². The molecule has 2 unspecified atom stereocenters. The lowest BCUT2D eigenvalue weighted by Gasteiger charge is -2.18. The van der Waals surface area contributed by atoms with Crippen LogP contribution in [0.2, 0.25) is 0 Å². The summed E-state index contributed by atoms with van der Waals surface area (Å²) in [6.07, 6.45) is 1.03. The Morgan fingerprint density at radius 2 is 2.06 bits per heavy atom. The molecular weight excluding hydrogens is 202 g/mol. The monoisotopic (exact) mass is 221 g/mol. The van der Waals surface area contributed by atoms with E-state index in [0.29, 0.717) is 0 Å². The summed E-state index contributed by atoms with van der Waals surface area (Å²) in [5.41, 5.74) is 2.09. The van der Waals surface area contributed by atoms with Crippen LogP contribution >= 0.6 is 0 Å². The van der Waals surface area contributed by atoms with E-state index >= 15 is 0 Å². The maximum atomic E-state index is 9.67. The Morgan fingerprint density at radius 1 is 1.38 bits per heavy atom. The summed E-state index contributed by atoms with van der Waals surface area (Å²) >= 11 is 0. The third-order valence-electron chi connectivity index (χ3n) is 3.19. The lowest BCUT2D eigenvalue weighted by Crippen LogP contribution is -2.20. The molecule has 0 aliphatic carbocycles. The Labute approximate surface area is 96.3 Å². The van der Waals surface area contributed by atoms with Gasteiger partial charge in [-0.15, -0.1) is 0 Å². The predicted molar refractivity (Wildman–Crippen MR) is 64.5 cm³/mol. The van der Waals surface area contributed by atoms with Crippen LogP contribution in [0, 0.1) is 0 Å². The Bertz CT molecular complexity index is 336. The molecule has 1 aromatic carbocycles. The van der Waals surface area contributed by atoms with E-state index in [-0.39, 0.29) is 12.2 Å². The van der Waals surface area contributed by atoms with Crippen molar-refractivity contribution >= 4 is 5.69 Å². The van der Waals surface area contributed by atoms with Gasteiger partial charge in [0.15, 0.2) is 0 Å². The molecule has 1 saturated heterocycles. The third-order valence-corrected chi connectivity index (χ3v) is 3.19. The second-order valence-electron chi connectivity index (χ2n) is 4.40. The van der Waals surface area contributed by atoms with Gasteiger partial charge in [0.25, 0.3) is 0 Å². The largest absolute Gasteiger partial charge is 0.391 e. The number of aliphatic hydroxyl groups is 2. The number of aliphatic hydroxyl groups excluding tert-OH is 2. The van der Waals surface area contributed by atoms with E-state index in [1.807, 2.05) is 31.2 Å². The number of benzene rings is 1. The molecule has 0 amide bonds. The van der Waals surface area contributed by atoms with Crippen LogP contribution in [0.1, 0.15) is 31.4 Å². The Kier molecular flexibility index (Phi) is 3.46. The average Bonchev–Trinajstić information content (AvgIpc) is 2.75. The zero-order valence-electron chi connectivity index (χ0n) is 9.63. The van der Waals surface area contributed by atoms with E-state index in [1.54, 1.807) is 0 Å². The molecule has 0 radical (unpaired) electrons. The molecule has 1 fully saturated rings. The average molecular weight is 221 g/mol. The first-order chi connectivity index (χ1) is 7.70. The van der Waals surface area contributed by atoms with Crippen molar-refractivity contribution in [3.05, 3.63) is 29.8 Å². The first-order valence-corrected chi connectivity index (χ1v) is 5.91. The highest BCUT2D eigenvalue weighted by molar-refractivity contribution is 5.48. The van der Waals surface area contributed by atoms with E-state index in [9.17, 15) is 10.2 Å². The van der Waals surface area contributed by atoms with Crippen molar-refractivity contribution in [2.45, 2.75) is 32.0 Å². The van der Waals surface area contributed by atoms with Gasteiger partial charge in [-0.3, -0.25) is 0 Å². The topological polar surface area (TPSA) is 43.7 Å². The van der Waals surface area contributed by atoms with Gasteiger partial charge in [-0.2, -0.15) is 0 Å². The van der Waals surface area contributed by atoms with E-state index in [4.69, 9.17) is 0 Å². The molecule has 0 aromatic heterocycles. The fourth-order valence-electron chi connectivity index (χ4n) is 2.12. The van der Waals surface area contributed by atoms with E-state index in [2.05, 4.69) is 4.90 Å². The quantitative estimate of drug-likeness (QED) is 0.816. The molecular formula is C13H19NO2. The van der Waals surface area contributed by atoms with Gasteiger partial charge in [0.2, 0.25) is 0 Å². The highest BCUT2D eigenvalue weighted by Crippen LogP contribution is 2.23. The van der Waals surface area contributed by atoms with Crippen LogP contribution in [0.15, 0.2) is 24.3 Å². The molecule has 0 spiro atoms. The molecule has 2 N–H and O–H groups in total. The standard InChI is InChI=1S/C13H19NO2/c1-2-13(16)10-3-5-11(6-4-10)14-8-7-12(15)9-14/h3-6,12-13,15-16H,2,7-9H2,1H3. The van der Waals surface area contributed by atoms with Crippen LogP contribution in [-0.2, 0) is 0 Å². The van der Waals surface area contributed by atoms with Crippen LogP contribution in [0.5, 0.6) is 0 Å². The number of nitrogens with zero attached hydrogens (tertiary/aromatic N) is 1. The zero-order valence-corrected chi connectivity index (χ0v) is 9.63. The van der Waals surface area contributed by atoms with Crippen molar-refractivity contribution in [3.63, 3.8) is 0 Å². The smallest absolute Gasteiger partial charge is 0.0787 e. The molecule has 1 aromatic rings. The molecule has 1 aliphatic rings. The minimum atomic E-state index is -0.363. The lowest BCUT2D eigenvalue weighted by molar-refractivity contribution is 0.173. The molecule has 88 valence electrons. The molecule has 0 saturated carbocycles. The first-order valence-electron chi connectivity index (χ1n) is 5.91. The third kappa shape index (κ3) is 2.36. The maximum absolute atomic E-state index is 9.67. The molecule has 3 nitrogen and oxygen atoms in total. The van der Waals surface area contributed by atoms with Crippen molar-refractivity contribution < 1.29 is 10.2 Å². The van der Waals surface area contributed by atoms with Gasteiger partial charge >= 0.3 is 0 Å². The summed E-state index contributed by atoms with van der Waals surface area (Å²) in [5, 5.41) is 19.1. The van der Waals surface area contributed by atoms with Gasteiger partial charge in [-0.05, 0) is 30.5 Å². The summed E-state index contributed by atoms with van der Waals surface area (Å²) in [6.45, 7) is 3.60. The Hall–Kier alpha value is -1.06. The number of rotatable bonds is 3. The number of β-amino-alcohol motifs (C(OH)–C–C–N with tert-alkyl or cyclic N) is 1. The van der Waals surface area contributed by atoms with Crippen LogP contribution in [0.3, 0.4) is 0 Å². The second kappa shape index (κ2) is 4.85. The predicted octanol–water partition coefficient (Wildman–Crippen LogP) is 1.70. The minimum absolute atomic E-state index is 0.194. The Balaban J connectivity index is 2.07. The number of hydrogen-bond acceptors (Lipinski definition) is 3. The summed E-state index contributed by atoms with van der Waals surface area (Å²) in [5.74, 6) is 0. The summed E-state index contributed by atoms with van der Waals surface area (Å²) in [6, 6.07) is 7.97. The SMILES string of the molecule is CCC(O)c1ccc(N2CCC(O)C2)cc1. The molecule has 1 aliphatic heterocycles. The van der Waals surface area contributed by atoms with Crippen molar-refractivity contribution in [1.29, 1.82) is 0 Å². The second-order valence-corrected chi connectivity index (χ2v) is 4.40. The molecule has 3 heteroatoms. The fraction of sp³-hybridized carbons (Fsp3) is 0.538. The van der Waals surface area contributed by atoms with Gasteiger partial charge in [-0.1, -0.05) is 19.1 Å². The number of hydrogen-bond donors (Lipinski definition) is 2. The zero-order chi connectivity index (χ0) is 11.5. The number of anilines is 1.